The van der Waals surface area contributed by atoms with Gasteiger partial charge in [-0.2, -0.15) is 13.2 Å². The molecule has 0 spiro atoms. The van der Waals surface area contributed by atoms with E-state index in [-0.39, 0.29) is 0 Å². The number of nitrogens with zero attached hydrogens (tertiary/aromatic N) is 1. The molecule has 0 bridgehead atoms. The summed E-state index contributed by atoms with van der Waals surface area (Å²) in [5.74, 6) is 0. The molecular weight excluding hydrogens is 223 g/mol. The average molecular weight is 228 g/mol. The van der Waals surface area contributed by atoms with Crippen LogP contribution < -0.4 is 0 Å². The lowest BCUT2D eigenvalue weighted by Crippen LogP contribution is -2.23. The highest BCUT2D eigenvalue weighted by atomic mass is 79.9. The Morgan fingerprint density at radius 1 is 1.55 bits per heavy atom. The fourth-order valence-electron chi connectivity index (χ4n) is 0.734. The molecule has 1 aliphatic heterocycles. The molecule has 1 unspecified atom stereocenters. The van der Waals surface area contributed by atoms with Crippen LogP contribution in [0.4, 0.5) is 13.2 Å². The van der Waals surface area contributed by atoms with Gasteiger partial charge in [-0.3, -0.25) is 4.99 Å². The lowest BCUT2D eigenvalue weighted by molar-refractivity contribution is -0.135. The zero-order chi connectivity index (χ0) is 8.65. The Hall–Kier alpha value is -0.320. The molecule has 0 radical (unpaired) electrons. The van der Waals surface area contributed by atoms with Gasteiger partial charge in [0.15, 0.2) is 6.04 Å². The van der Waals surface area contributed by atoms with E-state index in [0.29, 0.717) is 10.2 Å². The first kappa shape index (κ1) is 8.77. The van der Waals surface area contributed by atoms with Crippen LogP contribution in [0.25, 0.3) is 0 Å². The number of aliphatic imine (C=N–C) groups is 1. The Kier molecular flexibility index (Phi) is 2.09. The maximum atomic E-state index is 11.9. The van der Waals surface area contributed by atoms with Crippen LogP contribution in [-0.4, -0.2) is 16.8 Å². The molecule has 1 rings (SSSR count). The van der Waals surface area contributed by atoms with Gasteiger partial charge < -0.3 is 0 Å². The second kappa shape index (κ2) is 2.62. The highest BCUT2D eigenvalue weighted by Crippen LogP contribution is 2.29. The topological polar surface area (TPSA) is 12.4 Å². The Labute approximate surface area is 70.1 Å². The van der Waals surface area contributed by atoms with Crippen molar-refractivity contribution in [2.45, 2.75) is 19.1 Å². The van der Waals surface area contributed by atoms with Crippen LogP contribution in [0, 0.1) is 0 Å². The van der Waals surface area contributed by atoms with Gasteiger partial charge in [0.1, 0.15) is 4.62 Å². The highest BCUT2D eigenvalue weighted by molar-refractivity contribution is 9.18. The number of rotatable bonds is 0. The van der Waals surface area contributed by atoms with Gasteiger partial charge in [-0.25, -0.2) is 0 Å². The minimum Gasteiger partial charge on any atom is -0.261 e. The molecule has 62 valence electrons. The van der Waals surface area contributed by atoms with E-state index in [0.717, 1.165) is 6.08 Å². The van der Waals surface area contributed by atoms with Crippen LogP contribution in [0.1, 0.15) is 6.92 Å². The van der Waals surface area contributed by atoms with E-state index in [1.807, 2.05) is 0 Å². The number of halogens is 4. The van der Waals surface area contributed by atoms with Crippen molar-refractivity contribution in [3.8, 4) is 0 Å². The summed E-state index contributed by atoms with van der Waals surface area (Å²) in [6.07, 6.45) is -3.17. The van der Waals surface area contributed by atoms with Crippen molar-refractivity contribution in [1.29, 1.82) is 0 Å². The van der Waals surface area contributed by atoms with Crippen molar-refractivity contribution in [1.82, 2.24) is 0 Å². The Morgan fingerprint density at radius 3 is 2.27 bits per heavy atom. The second-order valence-electron chi connectivity index (χ2n) is 2.26. The van der Waals surface area contributed by atoms with Crippen LogP contribution >= 0.6 is 15.9 Å². The molecule has 0 aromatic rings. The summed E-state index contributed by atoms with van der Waals surface area (Å²) in [6.45, 7) is 1.58. The van der Waals surface area contributed by atoms with Crippen molar-refractivity contribution in [2.24, 2.45) is 4.99 Å². The van der Waals surface area contributed by atoms with Gasteiger partial charge in [-0.1, -0.05) is 0 Å². The standard InChI is InChI=1S/C6H5BrF3N/c1-3-2-4(6(8,9)10)11-5(3)7/h2,4H,1H3. The molecule has 1 atom stereocenters. The molecule has 0 aromatic carbocycles. The monoisotopic (exact) mass is 227 g/mol. The van der Waals surface area contributed by atoms with Gasteiger partial charge in [0.25, 0.3) is 0 Å². The molecule has 0 N–H and O–H groups in total. The average Bonchev–Trinajstić information content (AvgIpc) is 2.11. The highest BCUT2D eigenvalue weighted by Gasteiger charge is 2.40. The molecule has 1 aliphatic rings. The van der Waals surface area contributed by atoms with Crippen LogP contribution in [0.15, 0.2) is 16.6 Å². The zero-order valence-corrected chi connectivity index (χ0v) is 7.20. The summed E-state index contributed by atoms with van der Waals surface area (Å²) in [7, 11) is 0. The Bertz CT molecular complexity index is 210. The van der Waals surface area contributed by atoms with E-state index in [1.165, 1.54) is 0 Å². The molecular formula is C6H5BrF3N. The van der Waals surface area contributed by atoms with Gasteiger partial charge in [0, 0.05) is 0 Å². The molecule has 5 heteroatoms. The van der Waals surface area contributed by atoms with Crippen molar-refractivity contribution in [3.05, 3.63) is 11.6 Å². The first-order chi connectivity index (χ1) is 4.91. The third-order valence-electron chi connectivity index (χ3n) is 1.32. The SMILES string of the molecule is CC1=CC(C(F)(F)F)N=C1Br. The zero-order valence-electron chi connectivity index (χ0n) is 5.61. The van der Waals surface area contributed by atoms with E-state index in [4.69, 9.17) is 0 Å². The molecule has 0 saturated heterocycles. The maximum absolute atomic E-state index is 11.9. The quantitative estimate of drug-likeness (QED) is 0.604. The number of alkyl halides is 3. The van der Waals surface area contributed by atoms with Crippen molar-refractivity contribution in [3.63, 3.8) is 0 Å². The van der Waals surface area contributed by atoms with E-state index < -0.39 is 12.2 Å². The summed E-state index contributed by atoms with van der Waals surface area (Å²) in [6, 6.07) is -1.66. The first-order valence-electron chi connectivity index (χ1n) is 2.90. The maximum Gasteiger partial charge on any atom is 0.414 e. The summed E-state index contributed by atoms with van der Waals surface area (Å²) in [5.41, 5.74) is 0.535. The number of allylic oxidation sites excluding steroid dienone is 1. The molecule has 11 heavy (non-hydrogen) atoms. The largest absolute Gasteiger partial charge is 0.414 e. The number of hydrogen-bond donors (Lipinski definition) is 0. The van der Waals surface area contributed by atoms with Crippen LogP contribution in [0.5, 0.6) is 0 Å². The summed E-state index contributed by atoms with van der Waals surface area (Å²) < 4.78 is 36.1. The predicted octanol–water partition coefficient (Wildman–Crippen LogP) is 2.67. The normalized spacial score (nSPS) is 25.0. The minimum absolute atomic E-state index is 0.292. The molecule has 0 aromatic heterocycles. The molecule has 0 saturated carbocycles. The van der Waals surface area contributed by atoms with Gasteiger partial charge >= 0.3 is 6.18 Å². The Balaban J connectivity index is 2.84. The van der Waals surface area contributed by atoms with E-state index in [1.54, 1.807) is 6.92 Å². The smallest absolute Gasteiger partial charge is 0.261 e. The minimum atomic E-state index is -4.25. The lowest BCUT2D eigenvalue weighted by Gasteiger charge is -2.08. The first-order valence-corrected chi connectivity index (χ1v) is 3.69. The summed E-state index contributed by atoms with van der Waals surface area (Å²) in [4.78, 5) is 3.36. The van der Waals surface area contributed by atoms with E-state index in [2.05, 4.69) is 20.9 Å². The molecule has 0 aliphatic carbocycles. The molecule has 1 heterocycles. The summed E-state index contributed by atoms with van der Waals surface area (Å²) >= 11 is 2.92. The summed E-state index contributed by atoms with van der Waals surface area (Å²) in [5, 5.41) is 0. The van der Waals surface area contributed by atoms with Crippen LogP contribution in [-0.2, 0) is 0 Å². The van der Waals surface area contributed by atoms with E-state index >= 15 is 0 Å². The van der Waals surface area contributed by atoms with Crippen molar-refractivity contribution < 1.29 is 13.2 Å². The molecule has 0 amide bonds. The lowest BCUT2D eigenvalue weighted by atomic mass is 10.2. The van der Waals surface area contributed by atoms with Crippen molar-refractivity contribution in [2.75, 3.05) is 0 Å². The van der Waals surface area contributed by atoms with Crippen LogP contribution in [0.2, 0.25) is 0 Å². The second-order valence-corrected chi connectivity index (χ2v) is 3.01. The van der Waals surface area contributed by atoms with E-state index in [9.17, 15) is 13.2 Å². The van der Waals surface area contributed by atoms with Gasteiger partial charge in [-0.05, 0) is 34.5 Å². The third-order valence-corrected chi connectivity index (χ3v) is 2.15. The van der Waals surface area contributed by atoms with Gasteiger partial charge in [0.2, 0.25) is 0 Å². The van der Waals surface area contributed by atoms with Crippen molar-refractivity contribution >= 4 is 20.6 Å². The number of hydrogen-bond acceptors (Lipinski definition) is 1. The van der Waals surface area contributed by atoms with Gasteiger partial charge in [-0.15, -0.1) is 0 Å². The molecule has 1 nitrogen and oxygen atoms in total. The Morgan fingerprint density at radius 2 is 2.09 bits per heavy atom. The van der Waals surface area contributed by atoms with Gasteiger partial charge in [0.05, 0.1) is 0 Å². The predicted molar refractivity (Wildman–Crippen MR) is 40.0 cm³/mol. The fourth-order valence-corrected chi connectivity index (χ4v) is 1.09. The fraction of sp³-hybridized carbons (Fsp3) is 0.500. The third kappa shape index (κ3) is 1.83. The molecule has 0 fully saturated rings. The van der Waals surface area contributed by atoms with Crippen LogP contribution in [0.3, 0.4) is 0 Å².